The molecule has 0 bridgehead atoms. The fraction of sp³-hybridized carbons (Fsp3) is 0.235. The van der Waals surface area contributed by atoms with E-state index >= 15 is 0 Å². The molecule has 21 heavy (non-hydrogen) atoms. The zero-order valence-electron chi connectivity index (χ0n) is 12.1. The number of nitrogens with zero attached hydrogens (tertiary/aromatic N) is 1. The minimum Gasteiger partial charge on any atom is -0.496 e. The van der Waals surface area contributed by atoms with E-state index in [2.05, 4.69) is 24.0 Å². The Labute approximate surface area is 124 Å². The van der Waals surface area contributed by atoms with E-state index in [-0.39, 0.29) is 6.79 Å². The number of rotatable bonds is 4. The SMILES string of the molecule is CCc1ccc(N=Cc2cc3c(cc2OC)OCO3)cc1. The van der Waals surface area contributed by atoms with Crippen molar-refractivity contribution in [3.63, 3.8) is 0 Å². The lowest BCUT2D eigenvalue weighted by Gasteiger charge is -2.06. The third-order valence-electron chi connectivity index (χ3n) is 3.42. The van der Waals surface area contributed by atoms with E-state index in [0.717, 1.165) is 23.4 Å². The van der Waals surface area contributed by atoms with Crippen LogP contribution in [0, 0.1) is 0 Å². The van der Waals surface area contributed by atoms with E-state index in [1.807, 2.05) is 24.3 Å². The Hall–Kier alpha value is -2.49. The molecule has 4 heteroatoms. The van der Waals surface area contributed by atoms with Gasteiger partial charge in [0.05, 0.1) is 12.8 Å². The maximum atomic E-state index is 5.38. The standard InChI is InChI=1S/C17H17NO3/c1-3-12-4-6-14(7-5-12)18-10-13-8-16-17(21-11-20-16)9-15(13)19-2/h4-10H,3,11H2,1-2H3. The number of ether oxygens (including phenoxy) is 3. The van der Waals surface area contributed by atoms with Crippen LogP contribution in [0.25, 0.3) is 0 Å². The smallest absolute Gasteiger partial charge is 0.231 e. The van der Waals surface area contributed by atoms with Gasteiger partial charge in [-0.2, -0.15) is 0 Å². The van der Waals surface area contributed by atoms with Crippen molar-refractivity contribution in [3.05, 3.63) is 47.5 Å². The van der Waals surface area contributed by atoms with E-state index in [4.69, 9.17) is 14.2 Å². The normalized spacial score (nSPS) is 12.9. The van der Waals surface area contributed by atoms with Gasteiger partial charge >= 0.3 is 0 Å². The van der Waals surface area contributed by atoms with Crippen molar-refractivity contribution in [2.45, 2.75) is 13.3 Å². The van der Waals surface area contributed by atoms with E-state index in [1.165, 1.54) is 5.56 Å². The van der Waals surface area contributed by atoms with Gasteiger partial charge in [-0.05, 0) is 30.2 Å². The van der Waals surface area contributed by atoms with Crippen LogP contribution in [-0.2, 0) is 6.42 Å². The summed E-state index contributed by atoms with van der Waals surface area (Å²) in [7, 11) is 1.63. The average Bonchev–Trinajstić information content (AvgIpc) is 2.99. The number of benzene rings is 2. The molecule has 0 fully saturated rings. The highest BCUT2D eigenvalue weighted by Gasteiger charge is 2.16. The quantitative estimate of drug-likeness (QED) is 0.803. The Balaban J connectivity index is 1.87. The van der Waals surface area contributed by atoms with Crippen LogP contribution in [0.4, 0.5) is 5.69 Å². The van der Waals surface area contributed by atoms with Gasteiger partial charge in [-0.25, -0.2) is 0 Å². The van der Waals surface area contributed by atoms with Gasteiger partial charge < -0.3 is 14.2 Å². The summed E-state index contributed by atoms with van der Waals surface area (Å²) >= 11 is 0. The number of aliphatic imine (C=N–C) groups is 1. The summed E-state index contributed by atoms with van der Waals surface area (Å²) in [5.74, 6) is 2.14. The lowest BCUT2D eigenvalue weighted by atomic mass is 10.1. The van der Waals surface area contributed by atoms with Crippen LogP contribution in [0.5, 0.6) is 17.2 Å². The van der Waals surface area contributed by atoms with Crippen molar-refractivity contribution in [1.29, 1.82) is 0 Å². The molecular weight excluding hydrogens is 266 g/mol. The van der Waals surface area contributed by atoms with Gasteiger partial charge in [0.1, 0.15) is 5.75 Å². The summed E-state index contributed by atoms with van der Waals surface area (Å²) in [4.78, 5) is 4.48. The van der Waals surface area contributed by atoms with E-state index in [1.54, 1.807) is 13.3 Å². The second-order valence-corrected chi connectivity index (χ2v) is 4.73. The Bertz CT molecular complexity index is 662. The van der Waals surface area contributed by atoms with E-state index < -0.39 is 0 Å². The summed E-state index contributed by atoms with van der Waals surface area (Å²) in [5, 5.41) is 0. The molecule has 0 atom stereocenters. The number of hydrogen-bond donors (Lipinski definition) is 0. The predicted molar refractivity (Wildman–Crippen MR) is 82.2 cm³/mol. The van der Waals surface area contributed by atoms with E-state index in [0.29, 0.717) is 11.5 Å². The molecule has 0 aromatic heterocycles. The third-order valence-corrected chi connectivity index (χ3v) is 3.42. The first-order valence-corrected chi connectivity index (χ1v) is 6.91. The van der Waals surface area contributed by atoms with Crippen molar-refractivity contribution in [2.75, 3.05) is 13.9 Å². The monoisotopic (exact) mass is 283 g/mol. The van der Waals surface area contributed by atoms with Gasteiger partial charge in [0.25, 0.3) is 0 Å². The molecule has 0 radical (unpaired) electrons. The molecule has 4 nitrogen and oxygen atoms in total. The van der Waals surface area contributed by atoms with Crippen LogP contribution < -0.4 is 14.2 Å². The summed E-state index contributed by atoms with van der Waals surface area (Å²) in [5.41, 5.74) is 3.07. The van der Waals surface area contributed by atoms with Crippen LogP contribution >= 0.6 is 0 Å². The van der Waals surface area contributed by atoms with Crippen molar-refractivity contribution in [3.8, 4) is 17.2 Å². The number of methoxy groups -OCH3 is 1. The molecule has 1 aliphatic rings. The van der Waals surface area contributed by atoms with Crippen molar-refractivity contribution >= 4 is 11.9 Å². The molecule has 1 aliphatic heterocycles. The fourth-order valence-corrected chi connectivity index (χ4v) is 2.18. The van der Waals surface area contributed by atoms with Crippen molar-refractivity contribution in [2.24, 2.45) is 4.99 Å². The molecule has 108 valence electrons. The molecule has 0 N–H and O–H groups in total. The lowest BCUT2D eigenvalue weighted by molar-refractivity contribution is 0.174. The highest BCUT2D eigenvalue weighted by Crippen LogP contribution is 2.37. The highest BCUT2D eigenvalue weighted by molar-refractivity contribution is 5.87. The fourth-order valence-electron chi connectivity index (χ4n) is 2.18. The number of aryl methyl sites for hydroxylation is 1. The molecule has 2 aromatic carbocycles. The predicted octanol–water partition coefficient (Wildman–Crippen LogP) is 3.74. The van der Waals surface area contributed by atoms with E-state index in [9.17, 15) is 0 Å². The summed E-state index contributed by atoms with van der Waals surface area (Å²) in [6.07, 6.45) is 2.81. The molecule has 0 spiro atoms. The van der Waals surface area contributed by atoms with Crippen molar-refractivity contribution < 1.29 is 14.2 Å². The second kappa shape index (κ2) is 5.87. The minimum absolute atomic E-state index is 0.248. The van der Waals surface area contributed by atoms with Gasteiger partial charge in [-0.1, -0.05) is 19.1 Å². The molecule has 0 saturated carbocycles. The molecule has 0 aliphatic carbocycles. The Morgan fingerprint density at radius 2 is 1.86 bits per heavy atom. The van der Waals surface area contributed by atoms with Gasteiger partial charge in [-0.15, -0.1) is 0 Å². The lowest BCUT2D eigenvalue weighted by Crippen LogP contribution is -1.92. The topological polar surface area (TPSA) is 40.0 Å². The Kier molecular flexibility index (Phi) is 3.77. The Morgan fingerprint density at radius 3 is 2.52 bits per heavy atom. The van der Waals surface area contributed by atoms with Crippen LogP contribution in [-0.4, -0.2) is 20.1 Å². The number of fused-ring (bicyclic) bond motifs is 1. The molecule has 1 heterocycles. The van der Waals surface area contributed by atoms with Gasteiger partial charge in [0.2, 0.25) is 6.79 Å². The van der Waals surface area contributed by atoms with Crippen LogP contribution in [0.15, 0.2) is 41.4 Å². The van der Waals surface area contributed by atoms with Crippen LogP contribution in [0.2, 0.25) is 0 Å². The van der Waals surface area contributed by atoms with Gasteiger partial charge in [0, 0.05) is 17.8 Å². The summed E-state index contributed by atoms with van der Waals surface area (Å²) < 4.78 is 16.1. The molecule has 0 amide bonds. The minimum atomic E-state index is 0.248. The molecule has 2 aromatic rings. The summed E-state index contributed by atoms with van der Waals surface area (Å²) in [6, 6.07) is 11.9. The largest absolute Gasteiger partial charge is 0.496 e. The second-order valence-electron chi connectivity index (χ2n) is 4.73. The Morgan fingerprint density at radius 1 is 1.14 bits per heavy atom. The maximum absolute atomic E-state index is 5.38. The zero-order valence-corrected chi connectivity index (χ0v) is 12.1. The first-order valence-electron chi connectivity index (χ1n) is 6.91. The molecular formula is C17H17NO3. The maximum Gasteiger partial charge on any atom is 0.231 e. The van der Waals surface area contributed by atoms with Gasteiger partial charge in [0.15, 0.2) is 11.5 Å². The van der Waals surface area contributed by atoms with Crippen LogP contribution in [0.3, 0.4) is 0 Å². The zero-order chi connectivity index (χ0) is 14.7. The molecule has 0 unspecified atom stereocenters. The molecule has 0 saturated heterocycles. The van der Waals surface area contributed by atoms with Crippen molar-refractivity contribution in [1.82, 2.24) is 0 Å². The molecule has 3 rings (SSSR count). The first-order chi connectivity index (χ1) is 10.3. The van der Waals surface area contributed by atoms with Gasteiger partial charge in [-0.3, -0.25) is 4.99 Å². The van der Waals surface area contributed by atoms with Crippen LogP contribution in [0.1, 0.15) is 18.1 Å². The number of hydrogen-bond acceptors (Lipinski definition) is 4. The summed E-state index contributed by atoms with van der Waals surface area (Å²) in [6.45, 7) is 2.38. The average molecular weight is 283 g/mol. The third kappa shape index (κ3) is 2.84. The highest BCUT2D eigenvalue weighted by atomic mass is 16.7. The first kappa shape index (κ1) is 13.5.